The molecule has 0 atom stereocenters. The quantitative estimate of drug-likeness (QED) is 0.750. The number of rotatable bonds is 3. The van der Waals surface area contributed by atoms with E-state index in [9.17, 15) is 0 Å². The lowest BCUT2D eigenvalue weighted by molar-refractivity contribution is 1.13. The molecule has 2 rings (SSSR count). The van der Waals surface area contributed by atoms with Gasteiger partial charge in [-0.3, -0.25) is 0 Å². The molecule has 2 aromatic rings. The molecule has 1 nitrogen and oxygen atoms in total. The van der Waals surface area contributed by atoms with Crippen LogP contribution in [0, 0.1) is 0 Å². The fraction of sp³-hybridized carbons (Fsp3) is 0.100. The van der Waals surface area contributed by atoms with Crippen molar-refractivity contribution in [2.45, 2.75) is 10.8 Å². The van der Waals surface area contributed by atoms with Gasteiger partial charge < -0.3 is 0 Å². The summed E-state index contributed by atoms with van der Waals surface area (Å²) in [6.07, 6.45) is 1.76. The van der Waals surface area contributed by atoms with E-state index < -0.39 is 0 Å². The van der Waals surface area contributed by atoms with Gasteiger partial charge in [0.05, 0.1) is 8.81 Å². The highest BCUT2D eigenvalue weighted by Crippen LogP contribution is 2.31. The molecular formula is C10H7BrClNS2. The molecular weight excluding hydrogens is 314 g/mol. The van der Waals surface area contributed by atoms with Crippen molar-refractivity contribution in [3.05, 3.63) is 44.1 Å². The highest BCUT2D eigenvalue weighted by atomic mass is 79.9. The lowest BCUT2D eigenvalue weighted by Gasteiger charge is -2.00. The average molecular weight is 321 g/mol. The molecule has 0 aliphatic carbocycles. The van der Waals surface area contributed by atoms with Crippen LogP contribution in [-0.2, 0) is 5.75 Å². The molecule has 0 aliphatic heterocycles. The predicted molar refractivity (Wildman–Crippen MR) is 70.8 cm³/mol. The Hall–Kier alpha value is -0.0300. The predicted octanol–water partition coefficient (Wildman–Crippen LogP) is 4.85. The van der Waals surface area contributed by atoms with Crippen molar-refractivity contribution in [2.24, 2.45) is 0 Å². The molecule has 15 heavy (non-hydrogen) atoms. The Morgan fingerprint density at radius 1 is 1.40 bits per heavy atom. The largest absolute Gasteiger partial charge is 0.248 e. The zero-order chi connectivity index (χ0) is 10.7. The van der Waals surface area contributed by atoms with Crippen LogP contribution in [0.1, 0.15) is 4.88 Å². The summed E-state index contributed by atoms with van der Waals surface area (Å²) in [7, 11) is 0. The third-order valence-electron chi connectivity index (χ3n) is 1.70. The van der Waals surface area contributed by atoms with Crippen LogP contribution in [-0.4, -0.2) is 4.98 Å². The number of nitrogens with zero attached hydrogens (tertiary/aromatic N) is 1. The molecule has 0 spiro atoms. The molecule has 5 heteroatoms. The Labute approximate surface area is 110 Å². The molecule has 78 valence electrons. The van der Waals surface area contributed by atoms with Crippen molar-refractivity contribution in [1.29, 1.82) is 0 Å². The first-order valence-corrected chi connectivity index (χ1v) is 7.20. The fourth-order valence-corrected chi connectivity index (χ4v) is 3.74. The minimum absolute atomic E-state index is 0.720. The van der Waals surface area contributed by atoms with Crippen LogP contribution in [0.25, 0.3) is 0 Å². The summed E-state index contributed by atoms with van der Waals surface area (Å²) in [6, 6.07) is 7.87. The van der Waals surface area contributed by atoms with Crippen LogP contribution in [0.3, 0.4) is 0 Å². The van der Waals surface area contributed by atoms with Crippen molar-refractivity contribution in [3.8, 4) is 0 Å². The number of hydrogen-bond donors (Lipinski definition) is 0. The van der Waals surface area contributed by atoms with Gasteiger partial charge in [-0.2, -0.15) is 0 Å². The third kappa shape index (κ3) is 3.21. The molecule has 0 radical (unpaired) electrons. The Morgan fingerprint density at radius 2 is 2.27 bits per heavy atom. The van der Waals surface area contributed by atoms with Gasteiger partial charge in [0.1, 0.15) is 5.03 Å². The van der Waals surface area contributed by atoms with Crippen molar-refractivity contribution in [3.63, 3.8) is 0 Å². The van der Waals surface area contributed by atoms with E-state index in [1.165, 1.54) is 4.88 Å². The van der Waals surface area contributed by atoms with E-state index in [0.29, 0.717) is 0 Å². The molecule has 0 unspecified atom stereocenters. The van der Waals surface area contributed by atoms with Gasteiger partial charge >= 0.3 is 0 Å². The smallest absolute Gasteiger partial charge is 0.115 e. The molecule has 0 aliphatic rings. The summed E-state index contributed by atoms with van der Waals surface area (Å²) in [6.45, 7) is 0. The lowest BCUT2D eigenvalue weighted by Crippen LogP contribution is -1.80. The van der Waals surface area contributed by atoms with Crippen molar-refractivity contribution < 1.29 is 0 Å². The Kier molecular flexibility index (Phi) is 4.08. The van der Waals surface area contributed by atoms with Gasteiger partial charge in [0.2, 0.25) is 0 Å². The maximum atomic E-state index is 6.01. The van der Waals surface area contributed by atoms with Gasteiger partial charge in [-0.25, -0.2) is 4.98 Å². The van der Waals surface area contributed by atoms with E-state index in [2.05, 4.69) is 33.0 Å². The number of pyridine rings is 1. The van der Waals surface area contributed by atoms with E-state index >= 15 is 0 Å². The van der Waals surface area contributed by atoms with Crippen LogP contribution in [0.5, 0.6) is 0 Å². The maximum absolute atomic E-state index is 6.01. The topological polar surface area (TPSA) is 12.9 Å². The molecule has 0 saturated heterocycles. The van der Waals surface area contributed by atoms with Gasteiger partial charge in [-0.1, -0.05) is 23.4 Å². The summed E-state index contributed by atoms with van der Waals surface area (Å²) in [5.74, 6) is 0.910. The molecule has 0 N–H and O–H groups in total. The average Bonchev–Trinajstić information content (AvgIpc) is 2.63. The first kappa shape index (κ1) is 11.5. The summed E-state index contributed by atoms with van der Waals surface area (Å²) in [5.41, 5.74) is 0. The Bertz CT molecular complexity index is 458. The summed E-state index contributed by atoms with van der Waals surface area (Å²) in [4.78, 5) is 5.54. The van der Waals surface area contributed by atoms with Crippen molar-refractivity contribution in [2.75, 3.05) is 0 Å². The van der Waals surface area contributed by atoms with Gasteiger partial charge in [0.15, 0.2) is 0 Å². The van der Waals surface area contributed by atoms with Gasteiger partial charge in [0.25, 0.3) is 0 Å². The van der Waals surface area contributed by atoms with Crippen LogP contribution >= 0.6 is 50.6 Å². The molecule has 0 fully saturated rings. The second kappa shape index (κ2) is 5.34. The highest BCUT2D eigenvalue weighted by molar-refractivity contribution is 9.11. The van der Waals surface area contributed by atoms with Gasteiger partial charge in [0, 0.05) is 16.8 Å². The van der Waals surface area contributed by atoms with Gasteiger partial charge in [-0.05, 0) is 40.2 Å². The molecule has 2 heterocycles. The Morgan fingerprint density at radius 3 is 2.93 bits per heavy atom. The Balaban J connectivity index is 2.02. The monoisotopic (exact) mass is 319 g/mol. The minimum Gasteiger partial charge on any atom is -0.248 e. The fourth-order valence-electron chi connectivity index (χ4n) is 1.05. The highest BCUT2D eigenvalue weighted by Gasteiger charge is 2.03. The second-order valence-electron chi connectivity index (χ2n) is 2.78. The van der Waals surface area contributed by atoms with Crippen molar-refractivity contribution in [1.82, 2.24) is 4.98 Å². The van der Waals surface area contributed by atoms with Crippen molar-refractivity contribution >= 4 is 50.6 Å². The van der Waals surface area contributed by atoms with E-state index in [1.54, 1.807) is 29.3 Å². The second-order valence-corrected chi connectivity index (χ2v) is 6.70. The summed E-state index contributed by atoms with van der Waals surface area (Å²) < 4.78 is 1.16. The number of thiophene rings is 1. The minimum atomic E-state index is 0.720. The standard InChI is InChI=1S/C10H7BrClNS2/c11-9-4-3-7(15-9)6-14-10-8(12)2-1-5-13-10/h1-5H,6H2. The van der Waals surface area contributed by atoms with Crippen LogP contribution < -0.4 is 0 Å². The normalized spacial score (nSPS) is 10.5. The molecule has 0 bridgehead atoms. The summed E-state index contributed by atoms with van der Waals surface area (Å²) in [5, 5.41) is 1.61. The number of halogens is 2. The first-order valence-electron chi connectivity index (χ1n) is 4.23. The SMILES string of the molecule is Clc1cccnc1SCc1ccc(Br)s1. The van der Waals surface area contributed by atoms with E-state index in [4.69, 9.17) is 11.6 Å². The van der Waals surface area contributed by atoms with E-state index in [-0.39, 0.29) is 0 Å². The lowest BCUT2D eigenvalue weighted by atomic mass is 10.5. The molecule has 0 saturated carbocycles. The van der Waals surface area contributed by atoms with Crippen LogP contribution in [0.15, 0.2) is 39.3 Å². The number of aromatic nitrogens is 1. The van der Waals surface area contributed by atoms with E-state index in [1.807, 2.05) is 12.1 Å². The molecule has 0 aromatic carbocycles. The summed E-state index contributed by atoms with van der Waals surface area (Å²) >= 11 is 12.8. The molecule has 2 aromatic heterocycles. The number of thioether (sulfide) groups is 1. The third-order valence-corrected chi connectivity index (χ3v) is 4.98. The van der Waals surface area contributed by atoms with Crippen LogP contribution in [0.2, 0.25) is 5.02 Å². The molecule has 0 amide bonds. The van der Waals surface area contributed by atoms with Crippen LogP contribution in [0.4, 0.5) is 0 Å². The van der Waals surface area contributed by atoms with Gasteiger partial charge in [-0.15, -0.1) is 11.3 Å². The van der Waals surface area contributed by atoms with E-state index in [0.717, 1.165) is 19.6 Å². The number of hydrogen-bond acceptors (Lipinski definition) is 3. The zero-order valence-corrected chi connectivity index (χ0v) is 11.6. The first-order chi connectivity index (χ1) is 7.25. The maximum Gasteiger partial charge on any atom is 0.115 e. The zero-order valence-electron chi connectivity index (χ0n) is 7.61.